The molecule has 1 aliphatic rings. The largest absolute Gasteiger partial charge is 0.391 e. The molecule has 0 amide bonds. The van der Waals surface area contributed by atoms with Crippen LogP contribution in [0.2, 0.25) is 0 Å². The van der Waals surface area contributed by atoms with E-state index in [1.807, 2.05) is 0 Å². The van der Waals surface area contributed by atoms with Crippen molar-refractivity contribution >= 4 is 18.7 Å². The molecule has 0 bridgehead atoms. The van der Waals surface area contributed by atoms with Gasteiger partial charge >= 0.3 is 0 Å². The average molecular weight is 409 g/mol. The summed E-state index contributed by atoms with van der Waals surface area (Å²) in [6, 6.07) is 0. The molecular formula is C16H37ClO9. The van der Waals surface area contributed by atoms with Crippen molar-refractivity contribution in [3.8, 4) is 0 Å². The van der Waals surface area contributed by atoms with Crippen LogP contribution in [-0.4, -0.2) is 99.7 Å². The third kappa shape index (κ3) is 31.4. The van der Waals surface area contributed by atoms with Gasteiger partial charge in [0, 0.05) is 55.9 Å². The first-order valence-corrected chi connectivity index (χ1v) is 7.82. The van der Waals surface area contributed by atoms with E-state index in [1.165, 1.54) is 34.2 Å². The zero-order valence-corrected chi connectivity index (χ0v) is 17.6. The van der Waals surface area contributed by atoms with Gasteiger partial charge in [0.2, 0.25) is 0 Å². The summed E-state index contributed by atoms with van der Waals surface area (Å²) in [5, 5.41) is 8.28. The summed E-state index contributed by atoms with van der Waals surface area (Å²) in [5.74, 6) is 0. The van der Waals surface area contributed by atoms with Crippen LogP contribution in [0.3, 0.4) is 0 Å². The molecule has 0 saturated carbocycles. The number of methoxy groups -OCH3 is 6. The second-order valence-electron chi connectivity index (χ2n) is 4.38. The maximum absolute atomic E-state index is 9.28. The highest BCUT2D eigenvalue weighted by Crippen LogP contribution is 1.98. The molecule has 0 aromatic heterocycles. The van der Waals surface area contributed by atoms with Crippen LogP contribution in [0, 0.1) is 0 Å². The van der Waals surface area contributed by atoms with Gasteiger partial charge in [-0.3, -0.25) is 0 Å². The maximum Gasteiger partial charge on any atom is 0.180 e. The molecule has 0 aromatic carbocycles. The van der Waals surface area contributed by atoms with Crippen molar-refractivity contribution in [1.29, 1.82) is 0 Å². The standard InChI is InChI=1S/C5H12O3.C4H10O3.C4H8O.C3H6O2.ClH/c1-6-4-5(7-2)8-3;1-6-4(3-5)7-2;1-2-4-5-3-1;1-5-3-2-4;/h5H,4H2,1-3H3;4-5H,3H2,1-2H3;1-4H2;2H,3H2,1H3;1H. The lowest BCUT2D eigenvalue weighted by Crippen LogP contribution is -2.18. The first kappa shape index (κ1) is 33.2. The second kappa shape index (κ2) is 32.3. The Hall–Kier alpha value is -0.360. The Balaban J connectivity index is -0.000000125. The first-order chi connectivity index (χ1) is 12.1. The molecule has 1 heterocycles. The lowest BCUT2D eigenvalue weighted by atomic mass is 10.4. The van der Waals surface area contributed by atoms with Gasteiger partial charge in [-0.25, -0.2) is 0 Å². The highest BCUT2D eigenvalue weighted by Gasteiger charge is 2.00. The summed E-state index contributed by atoms with van der Waals surface area (Å²) in [6.07, 6.45) is 2.58. The third-order valence-electron chi connectivity index (χ3n) is 2.57. The molecule has 0 spiro atoms. The minimum Gasteiger partial charge on any atom is -0.391 e. The molecule has 26 heavy (non-hydrogen) atoms. The van der Waals surface area contributed by atoms with Gasteiger partial charge in [-0.15, -0.1) is 12.4 Å². The molecule has 0 atom stereocenters. The topological polar surface area (TPSA) is 102 Å². The Kier molecular flexibility index (Phi) is 41.3. The Morgan fingerprint density at radius 1 is 0.885 bits per heavy atom. The molecule has 1 N–H and O–H groups in total. The number of aliphatic hydroxyl groups is 1. The zero-order chi connectivity index (χ0) is 19.8. The van der Waals surface area contributed by atoms with Crippen LogP contribution in [0.15, 0.2) is 0 Å². The van der Waals surface area contributed by atoms with Crippen molar-refractivity contribution in [2.45, 2.75) is 25.4 Å². The minimum atomic E-state index is -0.458. The molecule has 10 heteroatoms. The third-order valence-corrected chi connectivity index (χ3v) is 2.57. The van der Waals surface area contributed by atoms with Crippen LogP contribution < -0.4 is 0 Å². The number of hydrogen-bond acceptors (Lipinski definition) is 9. The number of aliphatic hydroxyl groups excluding tert-OH is 1. The van der Waals surface area contributed by atoms with E-state index in [9.17, 15) is 4.79 Å². The van der Waals surface area contributed by atoms with Crippen LogP contribution in [0.25, 0.3) is 0 Å². The Labute approximate surface area is 163 Å². The van der Waals surface area contributed by atoms with E-state index in [-0.39, 0.29) is 31.9 Å². The van der Waals surface area contributed by atoms with Crippen LogP contribution >= 0.6 is 12.4 Å². The molecule has 1 saturated heterocycles. The second-order valence-corrected chi connectivity index (χ2v) is 4.38. The highest BCUT2D eigenvalue weighted by atomic mass is 35.5. The van der Waals surface area contributed by atoms with E-state index < -0.39 is 6.29 Å². The van der Waals surface area contributed by atoms with Crippen LogP contribution in [0.4, 0.5) is 0 Å². The van der Waals surface area contributed by atoms with Crippen LogP contribution in [-0.2, 0) is 38.0 Å². The number of ether oxygens (including phenoxy) is 7. The van der Waals surface area contributed by atoms with Crippen molar-refractivity contribution in [2.24, 2.45) is 0 Å². The van der Waals surface area contributed by atoms with E-state index >= 15 is 0 Å². The Morgan fingerprint density at radius 3 is 1.42 bits per heavy atom. The number of aldehydes is 1. The van der Waals surface area contributed by atoms with Gasteiger partial charge in [0.15, 0.2) is 12.6 Å². The molecule has 162 valence electrons. The Bertz CT molecular complexity index is 211. The number of halogens is 1. The normalized spacial score (nSPS) is 12.0. The fourth-order valence-corrected chi connectivity index (χ4v) is 1.19. The van der Waals surface area contributed by atoms with E-state index in [0.717, 1.165) is 13.2 Å². The highest BCUT2D eigenvalue weighted by molar-refractivity contribution is 5.85. The van der Waals surface area contributed by atoms with E-state index in [0.29, 0.717) is 12.9 Å². The molecular weight excluding hydrogens is 372 g/mol. The molecule has 1 fully saturated rings. The fraction of sp³-hybridized carbons (Fsp3) is 0.938. The van der Waals surface area contributed by atoms with Gasteiger partial charge in [-0.1, -0.05) is 0 Å². The van der Waals surface area contributed by atoms with Gasteiger partial charge in [0.1, 0.15) is 12.9 Å². The molecule has 0 radical (unpaired) electrons. The number of carbonyl (C=O) groups excluding carboxylic acids is 1. The summed E-state index contributed by atoms with van der Waals surface area (Å²) in [6.45, 7) is 2.60. The first-order valence-electron chi connectivity index (χ1n) is 7.82. The van der Waals surface area contributed by atoms with Crippen molar-refractivity contribution in [2.75, 3.05) is 75.7 Å². The number of carbonyl (C=O) groups is 1. The van der Waals surface area contributed by atoms with E-state index in [4.69, 9.17) is 24.1 Å². The van der Waals surface area contributed by atoms with Crippen molar-refractivity contribution in [3.05, 3.63) is 0 Å². The summed E-state index contributed by atoms with van der Waals surface area (Å²) >= 11 is 0. The van der Waals surface area contributed by atoms with Gasteiger partial charge in [0.05, 0.1) is 13.2 Å². The predicted molar refractivity (Wildman–Crippen MR) is 99.8 cm³/mol. The average Bonchev–Trinajstić information content (AvgIpc) is 3.23. The number of hydrogen-bond donors (Lipinski definition) is 1. The summed E-state index contributed by atoms with van der Waals surface area (Å²) in [7, 11) is 9.19. The lowest BCUT2D eigenvalue weighted by Gasteiger charge is -2.10. The molecule has 9 nitrogen and oxygen atoms in total. The van der Waals surface area contributed by atoms with Crippen LogP contribution in [0.1, 0.15) is 12.8 Å². The quantitative estimate of drug-likeness (QED) is 0.440. The van der Waals surface area contributed by atoms with Crippen molar-refractivity contribution in [1.82, 2.24) is 0 Å². The fourth-order valence-electron chi connectivity index (χ4n) is 1.19. The molecule has 1 aliphatic heterocycles. The van der Waals surface area contributed by atoms with Gasteiger partial charge < -0.3 is 43.1 Å². The zero-order valence-electron chi connectivity index (χ0n) is 16.8. The lowest BCUT2D eigenvalue weighted by molar-refractivity contribution is -0.133. The predicted octanol–water partition coefficient (Wildman–Crippen LogP) is 0.900. The van der Waals surface area contributed by atoms with Gasteiger partial charge in [-0.05, 0) is 12.8 Å². The summed E-state index contributed by atoms with van der Waals surface area (Å²) in [4.78, 5) is 9.28. The van der Waals surface area contributed by atoms with Gasteiger partial charge in [-0.2, -0.15) is 0 Å². The van der Waals surface area contributed by atoms with Crippen LogP contribution in [0.5, 0.6) is 0 Å². The molecule has 0 aliphatic carbocycles. The molecule has 1 rings (SSSR count). The molecule has 0 unspecified atom stereocenters. The minimum absolute atomic E-state index is 0. The summed E-state index contributed by atoms with van der Waals surface area (Å²) in [5.41, 5.74) is 0. The van der Waals surface area contributed by atoms with Gasteiger partial charge in [0.25, 0.3) is 0 Å². The monoisotopic (exact) mass is 408 g/mol. The van der Waals surface area contributed by atoms with Crippen molar-refractivity contribution < 1.29 is 43.1 Å². The SMILES string of the molecule is C1CCOC1.COC(CO)OC.COCC(OC)OC.COCC=O.Cl. The van der Waals surface area contributed by atoms with E-state index in [1.54, 1.807) is 21.3 Å². The molecule has 0 aromatic rings. The number of rotatable bonds is 9. The van der Waals surface area contributed by atoms with Crippen molar-refractivity contribution in [3.63, 3.8) is 0 Å². The maximum atomic E-state index is 9.28. The Morgan fingerprint density at radius 2 is 1.35 bits per heavy atom. The summed E-state index contributed by atoms with van der Waals surface area (Å²) < 4.78 is 32.7. The smallest absolute Gasteiger partial charge is 0.180 e. The van der Waals surface area contributed by atoms with E-state index in [2.05, 4.69) is 14.2 Å².